The number of benzene rings is 2. The third kappa shape index (κ3) is 3.18. The Bertz CT molecular complexity index is 1050. The molecule has 0 amide bonds. The number of nitrogens with zero attached hydrogens (tertiary/aromatic N) is 1. The van der Waals surface area contributed by atoms with Gasteiger partial charge in [0.2, 0.25) is 0 Å². The van der Waals surface area contributed by atoms with Gasteiger partial charge in [0.25, 0.3) is 0 Å². The molecule has 1 fully saturated rings. The second kappa shape index (κ2) is 6.86. The summed E-state index contributed by atoms with van der Waals surface area (Å²) in [6, 6.07) is 12.6. The van der Waals surface area contributed by atoms with Gasteiger partial charge in [-0.2, -0.15) is 0 Å². The van der Waals surface area contributed by atoms with E-state index < -0.39 is 11.6 Å². The smallest absolute Gasteiger partial charge is 0.184 e. The van der Waals surface area contributed by atoms with Crippen LogP contribution in [0.4, 0.5) is 8.78 Å². The number of hydrogen-bond donors (Lipinski definition) is 0. The van der Waals surface area contributed by atoms with E-state index in [1.54, 1.807) is 6.07 Å². The van der Waals surface area contributed by atoms with Crippen molar-refractivity contribution in [3.8, 4) is 11.8 Å². The number of halogens is 2. The van der Waals surface area contributed by atoms with E-state index in [-0.39, 0.29) is 5.52 Å². The second-order valence-corrected chi connectivity index (χ2v) is 6.50. The predicted molar refractivity (Wildman–Crippen MR) is 96.8 cm³/mol. The van der Waals surface area contributed by atoms with Crippen molar-refractivity contribution in [2.45, 2.75) is 13.3 Å². The molecule has 0 radical (unpaired) electrons. The molecule has 0 unspecified atom stereocenters. The lowest BCUT2D eigenvalue weighted by molar-refractivity contribution is -0.00300. The van der Waals surface area contributed by atoms with Gasteiger partial charge >= 0.3 is 0 Å². The van der Waals surface area contributed by atoms with Gasteiger partial charge in [-0.1, -0.05) is 30.0 Å². The number of aromatic nitrogens is 1. The van der Waals surface area contributed by atoms with Gasteiger partial charge < -0.3 is 4.74 Å². The number of fused-ring (bicyclic) bond motifs is 1. The van der Waals surface area contributed by atoms with E-state index >= 15 is 0 Å². The molecule has 0 bridgehead atoms. The van der Waals surface area contributed by atoms with E-state index in [1.807, 2.05) is 37.3 Å². The Morgan fingerprint density at radius 2 is 1.92 bits per heavy atom. The average molecular weight is 349 g/mol. The Morgan fingerprint density at radius 1 is 1.12 bits per heavy atom. The zero-order valence-corrected chi connectivity index (χ0v) is 14.4. The molecule has 2 aromatic carbocycles. The highest BCUT2D eigenvalue weighted by Gasteiger charge is 2.15. The normalized spacial score (nSPS) is 14.0. The fourth-order valence-electron chi connectivity index (χ4n) is 3.00. The second-order valence-electron chi connectivity index (χ2n) is 6.50. The Hall–Kier alpha value is -2.77. The van der Waals surface area contributed by atoms with E-state index in [9.17, 15) is 8.78 Å². The molecule has 0 spiro atoms. The average Bonchev–Trinajstić information content (AvgIpc) is 2.60. The van der Waals surface area contributed by atoms with Crippen LogP contribution in [0.1, 0.15) is 22.4 Å². The molecule has 0 atom stereocenters. The van der Waals surface area contributed by atoms with Gasteiger partial charge in [0, 0.05) is 23.1 Å². The van der Waals surface area contributed by atoms with Crippen LogP contribution >= 0.6 is 0 Å². The van der Waals surface area contributed by atoms with Crippen LogP contribution in [0.3, 0.4) is 0 Å². The summed E-state index contributed by atoms with van der Waals surface area (Å²) in [5.74, 6) is 5.02. The summed E-state index contributed by atoms with van der Waals surface area (Å²) in [6.45, 7) is 3.22. The third-order valence-corrected chi connectivity index (χ3v) is 4.62. The summed E-state index contributed by atoms with van der Waals surface area (Å²) in [5, 5.41) is 0.597. The van der Waals surface area contributed by atoms with Gasteiger partial charge in [0.05, 0.1) is 19.1 Å². The molecule has 2 heterocycles. The first-order chi connectivity index (χ1) is 12.6. The molecule has 0 saturated carbocycles. The predicted octanol–water partition coefficient (Wildman–Crippen LogP) is 4.41. The van der Waals surface area contributed by atoms with Gasteiger partial charge in [-0.15, -0.1) is 0 Å². The highest BCUT2D eigenvalue weighted by molar-refractivity contribution is 5.80. The summed E-state index contributed by atoms with van der Waals surface area (Å²) in [5.41, 5.74) is 3.81. The Balaban J connectivity index is 1.70. The molecule has 1 aliphatic heterocycles. The van der Waals surface area contributed by atoms with Crippen molar-refractivity contribution in [2.75, 3.05) is 13.2 Å². The zero-order chi connectivity index (χ0) is 18.1. The van der Waals surface area contributed by atoms with E-state index in [0.29, 0.717) is 36.6 Å². The molecule has 1 saturated heterocycles. The van der Waals surface area contributed by atoms with E-state index in [2.05, 4.69) is 16.8 Å². The zero-order valence-electron chi connectivity index (χ0n) is 14.4. The lowest BCUT2D eigenvalue weighted by Crippen LogP contribution is -2.25. The number of hydrogen-bond acceptors (Lipinski definition) is 2. The highest BCUT2D eigenvalue weighted by Crippen LogP contribution is 2.24. The maximum atomic E-state index is 14.0. The molecule has 2 nitrogen and oxygen atoms in total. The van der Waals surface area contributed by atoms with E-state index in [4.69, 9.17) is 4.74 Å². The van der Waals surface area contributed by atoms with Crippen LogP contribution < -0.4 is 0 Å². The monoisotopic (exact) mass is 349 g/mol. The molecule has 0 aliphatic carbocycles. The van der Waals surface area contributed by atoms with Crippen LogP contribution in [-0.2, 0) is 11.2 Å². The Kier molecular flexibility index (Phi) is 4.40. The summed E-state index contributed by atoms with van der Waals surface area (Å²) in [6.07, 6.45) is 0.639. The fraction of sp³-hybridized carbons (Fsp3) is 0.227. The Labute approximate surface area is 150 Å². The molecule has 1 aliphatic rings. The quantitative estimate of drug-likeness (QED) is 0.640. The molecule has 130 valence electrons. The van der Waals surface area contributed by atoms with Crippen molar-refractivity contribution >= 4 is 10.9 Å². The summed E-state index contributed by atoms with van der Waals surface area (Å²) in [7, 11) is 0. The lowest BCUT2D eigenvalue weighted by atomic mass is 9.97. The van der Waals surface area contributed by atoms with Crippen LogP contribution in [0.25, 0.3) is 10.9 Å². The van der Waals surface area contributed by atoms with Crippen molar-refractivity contribution in [3.05, 3.63) is 76.5 Å². The summed E-state index contributed by atoms with van der Waals surface area (Å²) in [4.78, 5) is 4.29. The van der Waals surface area contributed by atoms with Gasteiger partial charge in [0.1, 0.15) is 5.52 Å². The van der Waals surface area contributed by atoms with Crippen LogP contribution in [0.2, 0.25) is 0 Å². The number of ether oxygens (including phenoxy) is 1. The van der Waals surface area contributed by atoms with Gasteiger partial charge in [-0.05, 0) is 42.3 Å². The molecule has 1 aromatic heterocycles. The molecular weight excluding hydrogens is 332 g/mol. The van der Waals surface area contributed by atoms with Gasteiger partial charge in [-0.3, -0.25) is 0 Å². The first kappa shape index (κ1) is 16.7. The van der Waals surface area contributed by atoms with Crippen molar-refractivity contribution in [1.29, 1.82) is 0 Å². The molecular formula is C22H17F2NO. The largest absolute Gasteiger partial charge is 0.379 e. The van der Waals surface area contributed by atoms with Gasteiger partial charge in [-0.25, -0.2) is 13.8 Å². The van der Waals surface area contributed by atoms with Crippen LogP contribution in [0.5, 0.6) is 0 Å². The standard InChI is InChI=1S/C22H17F2NO/c1-14-19(11-18-8-9-20(23)21(24)22(18)25-14)10-17-5-3-2-4-16(17)7-6-15-12-26-13-15/h2-5,8-9,11,15H,10,12-13H2,1H3. The number of aryl methyl sites for hydroxylation is 1. The van der Waals surface area contributed by atoms with Crippen molar-refractivity contribution in [3.63, 3.8) is 0 Å². The first-order valence-corrected chi connectivity index (χ1v) is 8.53. The molecule has 3 aromatic rings. The van der Waals surface area contributed by atoms with Gasteiger partial charge in [0.15, 0.2) is 11.6 Å². The fourth-order valence-corrected chi connectivity index (χ4v) is 3.00. The van der Waals surface area contributed by atoms with Crippen molar-refractivity contribution in [1.82, 2.24) is 4.98 Å². The maximum absolute atomic E-state index is 14.0. The molecule has 4 rings (SSSR count). The number of pyridine rings is 1. The SMILES string of the molecule is Cc1nc2c(F)c(F)ccc2cc1Cc1ccccc1C#CC1COC1. The van der Waals surface area contributed by atoms with E-state index in [1.165, 1.54) is 0 Å². The molecule has 26 heavy (non-hydrogen) atoms. The molecule has 0 N–H and O–H groups in total. The van der Waals surface area contributed by atoms with E-state index in [0.717, 1.165) is 22.8 Å². The summed E-state index contributed by atoms with van der Waals surface area (Å²) < 4.78 is 32.5. The van der Waals surface area contributed by atoms with Crippen molar-refractivity contribution in [2.24, 2.45) is 5.92 Å². The van der Waals surface area contributed by atoms with Crippen LogP contribution in [-0.4, -0.2) is 18.2 Å². The van der Waals surface area contributed by atoms with Crippen LogP contribution in [0, 0.1) is 36.3 Å². The number of rotatable bonds is 2. The summed E-state index contributed by atoms with van der Waals surface area (Å²) >= 11 is 0. The Morgan fingerprint density at radius 3 is 2.69 bits per heavy atom. The van der Waals surface area contributed by atoms with Crippen molar-refractivity contribution < 1.29 is 13.5 Å². The van der Waals surface area contributed by atoms with Crippen LogP contribution in [0.15, 0.2) is 42.5 Å². The first-order valence-electron chi connectivity index (χ1n) is 8.53. The molecule has 4 heteroatoms. The lowest BCUT2D eigenvalue weighted by Gasteiger charge is -2.20. The third-order valence-electron chi connectivity index (χ3n) is 4.62. The topological polar surface area (TPSA) is 22.1 Å². The minimum Gasteiger partial charge on any atom is -0.379 e. The minimum atomic E-state index is -0.897. The maximum Gasteiger partial charge on any atom is 0.184 e. The minimum absolute atomic E-state index is 0.0734. The highest BCUT2D eigenvalue weighted by atomic mass is 19.2.